The highest BCUT2D eigenvalue weighted by Crippen LogP contribution is 2.30. The zero-order valence-electron chi connectivity index (χ0n) is 14.4. The van der Waals surface area contributed by atoms with Crippen molar-refractivity contribution in [3.63, 3.8) is 0 Å². The molecule has 1 aliphatic rings. The average Bonchev–Trinajstić information content (AvgIpc) is 2.75. The van der Waals surface area contributed by atoms with Crippen LogP contribution in [-0.2, 0) is 4.74 Å². The summed E-state index contributed by atoms with van der Waals surface area (Å²) in [7, 11) is 1.60. The van der Waals surface area contributed by atoms with Gasteiger partial charge in [0.1, 0.15) is 0 Å². The first-order valence-corrected chi connectivity index (χ1v) is 7.82. The number of methoxy groups -OCH3 is 1. The monoisotopic (exact) mass is 333 g/mol. The lowest BCUT2D eigenvalue weighted by Gasteiger charge is -2.29. The summed E-state index contributed by atoms with van der Waals surface area (Å²) in [6.07, 6.45) is 0.710. The second-order valence-corrected chi connectivity index (χ2v) is 6.60. The molecular formula is C17H23N3O4. The molecule has 0 aromatic heterocycles. The highest BCUT2D eigenvalue weighted by Gasteiger charge is 2.41. The van der Waals surface area contributed by atoms with Gasteiger partial charge in [0, 0.05) is 31.5 Å². The van der Waals surface area contributed by atoms with E-state index in [2.05, 4.69) is 10.6 Å². The van der Waals surface area contributed by atoms with Crippen molar-refractivity contribution in [3.8, 4) is 0 Å². The van der Waals surface area contributed by atoms with Crippen LogP contribution in [0.25, 0.3) is 0 Å². The Morgan fingerprint density at radius 3 is 2.46 bits per heavy atom. The highest BCUT2D eigenvalue weighted by molar-refractivity contribution is 6.22. The molecule has 24 heavy (non-hydrogen) atoms. The first-order valence-electron chi connectivity index (χ1n) is 7.82. The van der Waals surface area contributed by atoms with Gasteiger partial charge in [-0.2, -0.15) is 0 Å². The summed E-state index contributed by atoms with van der Waals surface area (Å²) < 4.78 is 4.91. The van der Waals surface area contributed by atoms with Gasteiger partial charge in [0.15, 0.2) is 0 Å². The van der Waals surface area contributed by atoms with E-state index in [0.717, 1.165) is 0 Å². The van der Waals surface area contributed by atoms with Gasteiger partial charge in [-0.15, -0.1) is 0 Å². The normalized spacial score (nSPS) is 13.9. The van der Waals surface area contributed by atoms with E-state index in [9.17, 15) is 14.4 Å². The third-order valence-electron chi connectivity index (χ3n) is 3.63. The molecule has 7 heteroatoms. The number of carbonyl (C=O) groups is 3. The number of hydrogen-bond donors (Lipinski definition) is 2. The van der Waals surface area contributed by atoms with Crippen molar-refractivity contribution in [1.29, 1.82) is 0 Å². The van der Waals surface area contributed by atoms with Gasteiger partial charge in [-0.1, -0.05) is 0 Å². The molecule has 130 valence electrons. The van der Waals surface area contributed by atoms with Crippen molar-refractivity contribution >= 4 is 23.5 Å². The summed E-state index contributed by atoms with van der Waals surface area (Å²) in [5.74, 6) is -0.648. The quantitative estimate of drug-likeness (QED) is 0.639. The van der Waals surface area contributed by atoms with Gasteiger partial charge < -0.3 is 15.4 Å². The SMILES string of the molecule is COCCCNC(=O)Nc1ccc2c(c1)C(=O)N(C(C)(C)C)C2=O. The van der Waals surface area contributed by atoms with E-state index in [1.807, 2.05) is 0 Å². The van der Waals surface area contributed by atoms with E-state index in [4.69, 9.17) is 4.74 Å². The number of anilines is 1. The number of fused-ring (bicyclic) bond motifs is 1. The van der Waals surface area contributed by atoms with E-state index < -0.39 is 5.54 Å². The molecule has 0 fully saturated rings. The Labute approximate surface area is 141 Å². The second-order valence-electron chi connectivity index (χ2n) is 6.60. The molecule has 1 heterocycles. The Balaban J connectivity index is 2.08. The van der Waals surface area contributed by atoms with E-state index in [1.165, 1.54) is 11.0 Å². The summed E-state index contributed by atoms with van der Waals surface area (Å²) in [6.45, 7) is 6.47. The first kappa shape index (κ1) is 17.9. The number of ether oxygens (including phenoxy) is 1. The number of imide groups is 1. The van der Waals surface area contributed by atoms with Crippen molar-refractivity contribution < 1.29 is 19.1 Å². The number of benzene rings is 1. The van der Waals surface area contributed by atoms with E-state index in [-0.39, 0.29) is 17.8 Å². The average molecular weight is 333 g/mol. The van der Waals surface area contributed by atoms with E-state index >= 15 is 0 Å². The molecule has 0 atom stereocenters. The molecule has 0 aliphatic carbocycles. The molecule has 0 radical (unpaired) electrons. The predicted octanol–water partition coefficient (Wildman–Crippen LogP) is 2.24. The molecule has 2 rings (SSSR count). The second kappa shape index (κ2) is 7.00. The van der Waals surface area contributed by atoms with E-state index in [1.54, 1.807) is 40.0 Å². The molecule has 2 N–H and O–H groups in total. The van der Waals surface area contributed by atoms with Crippen LogP contribution < -0.4 is 10.6 Å². The Kier molecular flexibility index (Phi) is 5.23. The summed E-state index contributed by atoms with van der Waals surface area (Å²) in [4.78, 5) is 37.9. The highest BCUT2D eigenvalue weighted by atomic mass is 16.5. The van der Waals surface area contributed by atoms with Crippen molar-refractivity contribution in [1.82, 2.24) is 10.2 Å². The Bertz CT molecular complexity index is 664. The van der Waals surface area contributed by atoms with Crippen LogP contribution >= 0.6 is 0 Å². The van der Waals surface area contributed by atoms with Crippen LogP contribution in [-0.4, -0.2) is 48.5 Å². The van der Waals surface area contributed by atoms with Gasteiger partial charge in [0.25, 0.3) is 11.8 Å². The van der Waals surface area contributed by atoms with Crippen LogP contribution in [0.2, 0.25) is 0 Å². The molecule has 0 unspecified atom stereocenters. The first-order chi connectivity index (χ1) is 11.3. The third-order valence-corrected chi connectivity index (χ3v) is 3.63. The molecular weight excluding hydrogens is 310 g/mol. The lowest BCUT2D eigenvalue weighted by molar-refractivity contribution is 0.0507. The Hall–Kier alpha value is -2.41. The minimum Gasteiger partial charge on any atom is -0.385 e. The summed E-state index contributed by atoms with van der Waals surface area (Å²) in [5.41, 5.74) is 0.544. The van der Waals surface area contributed by atoms with Gasteiger partial charge >= 0.3 is 6.03 Å². The number of urea groups is 1. The largest absolute Gasteiger partial charge is 0.385 e. The van der Waals surface area contributed by atoms with Crippen LogP contribution in [0.4, 0.5) is 10.5 Å². The smallest absolute Gasteiger partial charge is 0.319 e. The summed E-state index contributed by atoms with van der Waals surface area (Å²) in [6, 6.07) is 4.36. The number of hydrogen-bond acceptors (Lipinski definition) is 4. The van der Waals surface area contributed by atoms with Crippen LogP contribution in [0.15, 0.2) is 18.2 Å². The molecule has 0 bridgehead atoms. The molecule has 1 aromatic carbocycles. The Morgan fingerprint density at radius 2 is 1.83 bits per heavy atom. The fraction of sp³-hybridized carbons (Fsp3) is 0.471. The van der Waals surface area contributed by atoms with Crippen LogP contribution in [0.3, 0.4) is 0 Å². The summed E-state index contributed by atoms with van der Waals surface area (Å²) in [5, 5.41) is 5.36. The lowest BCUT2D eigenvalue weighted by atomic mass is 10.1. The minimum atomic E-state index is -0.598. The maximum atomic E-state index is 12.5. The van der Waals surface area contributed by atoms with Gasteiger partial charge in [-0.3, -0.25) is 14.5 Å². The van der Waals surface area contributed by atoms with Crippen LogP contribution in [0.5, 0.6) is 0 Å². The van der Waals surface area contributed by atoms with Crippen LogP contribution in [0.1, 0.15) is 47.9 Å². The maximum absolute atomic E-state index is 12.5. The molecule has 7 nitrogen and oxygen atoms in total. The lowest BCUT2D eigenvalue weighted by Crippen LogP contribution is -2.45. The van der Waals surface area contributed by atoms with Gasteiger partial charge in [0.2, 0.25) is 0 Å². The van der Waals surface area contributed by atoms with Crippen molar-refractivity contribution in [2.24, 2.45) is 0 Å². The van der Waals surface area contributed by atoms with Gasteiger partial charge in [-0.05, 0) is 45.4 Å². The zero-order valence-corrected chi connectivity index (χ0v) is 14.4. The Morgan fingerprint density at radius 1 is 1.17 bits per heavy atom. The number of rotatable bonds is 5. The zero-order chi connectivity index (χ0) is 17.9. The molecule has 1 aliphatic heterocycles. The number of nitrogens with zero attached hydrogens (tertiary/aromatic N) is 1. The molecule has 4 amide bonds. The van der Waals surface area contributed by atoms with Crippen molar-refractivity contribution in [3.05, 3.63) is 29.3 Å². The van der Waals surface area contributed by atoms with Crippen molar-refractivity contribution in [2.75, 3.05) is 25.6 Å². The minimum absolute atomic E-state index is 0.307. The van der Waals surface area contributed by atoms with E-state index in [0.29, 0.717) is 36.4 Å². The molecule has 0 saturated carbocycles. The molecule has 0 saturated heterocycles. The van der Waals surface area contributed by atoms with Crippen molar-refractivity contribution in [2.45, 2.75) is 32.7 Å². The molecule has 1 aromatic rings. The standard InChI is InChI=1S/C17H23N3O4/c1-17(2,3)20-14(21)12-7-6-11(10-13(12)15(20)22)19-16(23)18-8-5-9-24-4/h6-7,10H,5,8-9H2,1-4H3,(H2,18,19,23). The topological polar surface area (TPSA) is 87.7 Å². The number of nitrogens with one attached hydrogen (secondary N) is 2. The van der Waals surface area contributed by atoms with Gasteiger partial charge in [0.05, 0.1) is 11.1 Å². The molecule has 0 spiro atoms. The van der Waals surface area contributed by atoms with Gasteiger partial charge in [-0.25, -0.2) is 4.79 Å². The fourth-order valence-corrected chi connectivity index (χ4v) is 2.52. The number of amides is 4. The predicted molar refractivity (Wildman–Crippen MR) is 90.2 cm³/mol. The maximum Gasteiger partial charge on any atom is 0.319 e. The fourth-order valence-electron chi connectivity index (χ4n) is 2.52. The number of carbonyl (C=O) groups excluding carboxylic acids is 3. The van der Waals surface area contributed by atoms with Crippen LogP contribution in [0, 0.1) is 0 Å². The third kappa shape index (κ3) is 3.73. The summed E-state index contributed by atoms with van der Waals surface area (Å²) >= 11 is 0.